The molecule has 4 heteroatoms. The van der Waals surface area contributed by atoms with E-state index in [1.165, 1.54) is 18.2 Å². The smallest absolute Gasteiger partial charge is 0.130 e. The molecule has 0 saturated carbocycles. The normalized spacial score (nSPS) is 25.7. The zero-order valence-electron chi connectivity index (χ0n) is 11.6. The van der Waals surface area contributed by atoms with E-state index in [-0.39, 0.29) is 18.2 Å². The number of nitrogens with two attached hydrogens (primary N) is 1. The summed E-state index contributed by atoms with van der Waals surface area (Å²) >= 11 is 0. The molecule has 3 atom stereocenters. The lowest BCUT2D eigenvalue weighted by Crippen LogP contribution is -2.41. The number of nitrogens with zero attached hydrogens (tertiary/aromatic N) is 1. The van der Waals surface area contributed by atoms with Crippen molar-refractivity contribution in [1.82, 2.24) is 4.90 Å². The van der Waals surface area contributed by atoms with Gasteiger partial charge in [0.2, 0.25) is 0 Å². The number of hydrogen-bond donors (Lipinski definition) is 1. The van der Waals surface area contributed by atoms with Crippen LogP contribution in [0, 0.1) is 11.6 Å². The van der Waals surface area contributed by atoms with Gasteiger partial charge >= 0.3 is 0 Å². The van der Waals surface area contributed by atoms with Crippen LogP contribution < -0.4 is 5.73 Å². The second kappa shape index (κ2) is 5.97. The van der Waals surface area contributed by atoms with E-state index >= 15 is 0 Å². The van der Waals surface area contributed by atoms with Crippen LogP contribution in [0.25, 0.3) is 0 Å². The monoisotopic (exact) mass is 268 g/mol. The highest BCUT2D eigenvalue weighted by Crippen LogP contribution is 2.36. The van der Waals surface area contributed by atoms with E-state index in [0.29, 0.717) is 12.1 Å². The van der Waals surface area contributed by atoms with Crippen molar-refractivity contribution in [1.29, 1.82) is 0 Å². The summed E-state index contributed by atoms with van der Waals surface area (Å²) in [5.74, 6) is -0.992. The molecule has 3 unspecified atom stereocenters. The van der Waals surface area contributed by atoms with E-state index in [0.717, 1.165) is 19.3 Å². The molecule has 1 aromatic carbocycles. The molecule has 0 bridgehead atoms. The average Bonchev–Trinajstić information content (AvgIpc) is 2.75. The zero-order chi connectivity index (χ0) is 14.0. The summed E-state index contributed by atoms with van der Waals surface area (Å²) in [6, 6.07) is 4.32. The molecule has 1 heterocycles. The van der Waals surface area contributed by atoms with Crippen molar-refractivity contribution < 1.29 is 8.78 Å². The van der Waals surface area contributed by atoms with E-state index in [1.807, 2.05) is 0 Å². The third kappa shape index (κ3) is 2.65. The van der Waals surface area contributed by atoms with Gasteiger partial charge in [-0.25, -0.2) is 8.78 Å². The minimum absolute atomic E-state index is 0.122. The number of halogens is 2. The predicted octanol–water partition coefficient (Wildman–Crippen LogP) is 3.23. The zero-order valence-corrected chi connectivity index (χ0v) is 11.6. The first-order chi connectivity index (χ1) is 9.10. The van der Waals surface area contributed by atoms with Crippen LogP contribution in [0.2, 0.25) is 0 Å². The third-order valence-corrected chi connectivity index (χ3v) is 4.24. The van der Waals surface area contributed by atoms with Crippen molar-refractivity contribution in [3.05, 3.63) is 35.4 Å². The van der Waals surface area contributed by atoms with Crippen molar-refractivity contribution in [3.63, 3.8) is 0 Å². The lowest BCUT2D eigenvalue weighted by atomic mass is 10.0. The summed E-state index contributed by atoms with van der Waals surface area (Å²) in [5, 5.41) is 0. The summed E-state index contributed by atoms with van der Waals surface area (Å²) in [6.45, 7) is 4.46. The van der Waals surface area contributed by atoms with Crippen LogP contribution in [-0.4, -0.2) is 23.5 Å². The van der Waals surface area contributed by atoms with E-state index in [2.05, 4.69) is 18.7 Å². The maximum atomic E-state index is 14.0. The van der Waals surface area contributed by atoms with Crippen molar-refractivity contribution in [2.75, 3.05) is 6.54 Å². The largest absolute Gasteiger partial charge is 0.329 e. The highest BCUT2D eigenvalue weighted by Gasteiger charge is 2.36. The maximum absolute atomic E-state index is 14.0. The molecule has 19 heavy (non-hydrogen) atoms. The van der Waals surface area contributed by atoms with Crippen molar-refractivity contribution in [3.8, 4) is 0 Å². The van der Waals surface area contributed by atoms with Crippen molar-refractivity contribution >= 4 is 0 Å². The lowest BCUT2D eigenvalue weighted by molar-refractivity contribution is 0.131. The Kier molecular flexibility index (Phi) is 4.53. The maximum Gasteiger partial charge on any atom is 0.130 e. The summed E-state index contributed by atoms with van der Waals surface area (Å²) in [7, 11) is 0. The van der Waals surface area contributed by atoms with Gasteiger partial charge in [0.1, 0.15) is 11.6 Å². The van der Waals surface area contributed by atoms with Gasteiger partial charge in [-0.3, -0.25) is 4.90 Å². The van der Waals surface area contributed by atoms with Gasteiger partial charge in [-0.05, 0) is 38.3 Å². The molecule has 0 amide bonds. The van der Waals surface area contributed by atoms with Gasteiger partial charge in [0.25, 0.3) is 0 Å². The molecule has 0 spiro atoms. The van der Waals surface area contributed by atoms with Gasteiger partial charge in [0.15, 0.2) is 0 Å². The summed E-state index contributed by atoms with van der Waals surface area (Å²) in [5.41, 5.74) is 5.95. The fraction of sp³-hybridized carbons (Fsp3) is 0.600. The fourth-order valence-corrected chi connectivity index (χ4v) is 3.29. The molecule has 2 nitrogen and oxygen atoms in total. The topological polar surface area (TPSA) is 29.3 Å². The Morgan fingerprint density at radius 1 is 1.32 bits per heavy atom. The van der Waals surface area contributed by atoms with Crippen molar-refractivity contribution in [2.24, 2.45) is 5.73 Å². The number of rotatable bonds is 4. The molecule has 1 saturated heterocycles. The molecule has 0 aliphatic carbocycles. The van der Waals surface area contributed by atoms with E-state index in [9.17, 15) is 8.78 Å². The van der Waals surface area contributed by atoms with Crippen molar-refractivity contribution in [2.45, 2.75) is 51.2 Å². The Morgan fingerprint density at radius 2 is 1.95 bits per heavy atom. The number of hydrogen-bond acceptors (Lipinski definition) is 2. The second-order valence-corrected chi connectivity index (χ2v) is 5.32. The quantitative estimate of drug-likeness (QED) is 0.908. The molecule has 2 N–H and O–H groups in total. The molecule has 2 rings (SSSR count). The standard InChI is InChI=1S/C15H22F2N2/c1-3-11-8-7-10(2)19(11)14(9-18)15-12(16)5-4-6-13(15)17/h4-6,10-11,14H,3,7-9,18H2,1-2H3. The predicted molar refractivity (Wildman–Crippen MR) is 72.8 cm³/mol. The summed E-state index contributed by atoms with van der Waals surface area (Å²) in [4.78, 5) is 2.20. The van der Waals surface area contributed by atoms with Crippen LogP contribution in [0.15, 0.2) is 18.2 Å². The first-order valence-electron chi connectivity index (χ1n) is 7.01. The molecule has 1 aliphatic rings. The Bertz CT molecular complexity index is 416. The minimum atomic E-state index is -0.496. The van der Waals surface area contributed by atoms with Gasteiger partial charge in [-0.2, -0.15) is 0 Å². The van der Waals surface area contributed by atoms with Gasteiger partial charge < -0.3 is 5.73 Å². The lowest BCUT2D eigenvalue weighted by Gasteiger charge is -2.36. The highest BCUT2D eigenvalue weighted by molar-refractivity contribution is 5.24. The van der Waals surface area contributed by atoms with E-state index in [4.69, 9.17) is 5.73 Å². The summed E-state index contributed by atoms with van der Waals surface area (Å²) < 4.78 is 28.0. The Hall–Kier alpha value is -1.00. The summed E-state index contributed by atoms with van der Waals surface area (Å²) in [6.07, 6.45) is 3.12. The van der Waals surface area contributed by atoms with Crippen LogP contribution in [0.1, 0.15) is 44.7 Å². The second-order valence-electron chi connectivity index (χ2n) is 5.32. The van der Waals surface area contributed by atoms with Gasteiger partial charge in [0.05, 0.1) is 6.04 Å². The molecule has 1 aliphatic heterocycles. The van der Waals surface area contributed by atoms with Crippen LogP contribution in [0.4, 0.5) is 8.78 Å². The molecule has 1 fully saturated rings. The molecule has 106 valence electrons. The van der Waals surface area contributed by atoms with E-state index in [1.54, 1.807) is 0 Å². The van der Waals surface area contributed by atoms with Gasteiger partial charge in [-0.15, -0.1) is 0 Å². The molecule has 0 aromatic heterocycles. The molecular weight excluding hydrogens is 246 g/mol. The van der Waals surface area contributed by atoms with Crippen LogP contribution >= 0.6 is 0 Å². The average molecular weight is 268 g/mol. The SMILES string of the molecule is CCC1CCC(C)N1C(CN)c1c(F)cccc1F. The Balaban J connectivity index is 2.39. The Labute approximate surface area is 113 Å². The van der Waals surface area contributed by atoms with Crippen LogP contribution in [0.5, 0.6) is 0 Å². The minimum Gasteiger partial charge on any atom is -0.329 e. The number of likely N-dealkylation sites (tertiary alicyclic amines) is 1. The van der Waals surface area contributed by atoms with Gasteiger partial charge in [0, 0.05) is 24.2 Å². The fourth-order valence-electron chi connectivity index (χ4n) is 3.29. The molecule has 1 aromatic rings. The first-order valence-corrected chi connectivity index (χ1v) is 7.01. The van der Waals surface area contributed by atoms with Crippen LogP contribution in [0.3, 0.4) is 0 Å². The highest BCUT2D eigenvalue weighted by atomic mass is 19.1. The van der Waals surface area contributed by atoms with Gasteiger partial charge in [-0.1, -0.05) is 13.0 Å². The third-order valence-electron chi connectivity index (χ3n) is 4.24. The molecule has 0 radical (unpaired) electrons. The van der Waals surface area contributed by atoms with E-state index < -0.39 is 11.6 Å². The van der Waals surface area contributed by atoms with Crippen LogP contribution in [-0.2, 0) is 0 Å². The molecular formula is C15H22F2N2. The number of benzene rings is 1. The first kappa shape index (κ1) is 14.4. The Morgan fingerprint density at radius 3 is 2.47 bits per heavy atom.